The average Bonchev–Trinajstić information content (AvgIpc) is 2.88. The number of hydrogen-bond donors (Lipinski definition) is 1. The minimum atomic E-state index is -0.00333. The van der Waals surface area contributed by atoms with Gasteiger partial charge in [0, 0.05) is 24.6 Å². The Morgan fingerprint density at radius 2 is 2.11 bits per heavy atom. The van der Waals surface area contributed by atoms with Crippen LogP contribution >= 0.6 is 0 Å². The standard InChI is InChI=1S/C14H28N2O2/c1-3-16-7-4-13(5-8-16)15(2)10-14(11-17)6-9-18-12-14/h13,17H,3-12H2,1-2H3. The van der Waals surface area contributed by atoms with Gasteiger partial charge in [0.2, 0.25) is 0 Å². The third kappa shape index (κ3) is 3.23. The summed E-state index contributed by atoms with van der Waals surface area (Å²) in [4.78, 5) is 4.97. The van der Waals surface area contributed by atoms with Gasteiger partial charge in [-0.3, -0.25) is 0 Å². The van der Waals surface area contributed by atoms with E-state index < -0.39 is 0 Å². The minimum absolute atomic E-state index is 0.00333. The minimum Gasteiger partial charge on any atom is -0.396 e. The molecule has 106 valence electrons. The fourth-order valence-electron chi connectivity index (χ4n) is 3.28. The Morgan fingerprint density at radius 1 is 1.39 bits per heavy atom. The first-order valence-corrected chi connectivity index (χ1v) is 7.30. The molecule has 4 nitrogen and oxygen atoms in total. The Morgan fingerprint density at radius 3 is 2.61 bits per heavy atom. The van der Waals surface area contributed by atoms with Crippen LogP contribution in [0.2, 0.25) is 0 Å². The monoisotopic (exact) mass is 256 g/mol. The fraction of sp³-hybridized carbons (Fsp3) is 1.00. The molecule has 0 aromatic carbocycles. The molecule has 0 aromatic heterocycles. The van der Waals surface area contributed by atoms with E-state index in [1.54, 1.807) is 0 Å². The van der Waals surface area contributed by atoms with Crippen molar-refractivity contribution >= 4 is 0 Å². The van der Waals surface area contributed by atoms with Crippen molar-refractivity contribution in [2.45, 2.75) is 32.2 Å². The van der Waals surface area contributed by atoms with Gasteiger partial charge in [-0.2, -0.15) is 0 Å². The molecule has 0 spiro atoms. The Bertz CT molecular complexity index is 246. The normalized spacial score (nSPS) is 31.3. The van der Waals surface area contributed by atoms with Gasteiger partial charge in [0.15, 0.2) is 0 Å². The van der Waals surface area contributed by atoms with Gasteiger partial charge < -0.3 is 19.6 Å². The molecule has 2 aliphatic rings. The first-order valence-electron chi connectivity index (χ1n) is 7.30. The van der Waals surface area contributed by atoms with Gasteiger partial charge in [-0.1, -0.05) is 6.92 Å². The number of hydrogen-bond acceptors (Lipinski definition) is 4. The highest BCUT2D eigenvalue weighted by molar-refractivity contribution is 4.88. The molecule has 1 N–H and O–H groups in total. The topological polar surface area (TPSA) is 35.9 Å². The van der Waals surface area contributed by atoms with E-state index in [9.17, 15) is 5.11 Å². The molecule has 0 aliphatic carbocycles. The van der Waals surface area contributed by atoms with Gasteiger partial charge in [-0.15, -0.1) is 0 Å². The summed E-state index contributed by atoms with van der Waals surface area (Å²) < 4.78 is 5.48. The van der Waals surface area contributed by atoms with Gasteiger partial charge in [-0.25, -0.2) is 0 Å². The second-order valence-corrected chi connectivity index (χ2v) is 6.04. The summed E-state index contributed by atoms with van der Waals surface area (Å²) in [6.45, 7) is 8.60. The second-order valence-electron chi connectivity index (χ2n) is 6.04. The number of rotatable bonds is 5. The van der Waals surface area contributed by atoms with Crippen LogP contribution in [0, 0.1) is 5.41 Å². The summed E-state index contributed by atoms with van der Waals surface area (Å²) in [5, 5.41) is 9.63. The average molecular weight is 256 g/mol. The van der Waals surface area contributed by atoms with Crippen LogP contribution in [0.15, 0.2) is 0 Å². The summed E-state index contributed by atoms with van der Waals surface area (Å²) >= 11 is 0. The SMILES string of the molecule is CCN1CCC(N(C)CC2(CO)CCOC2)CC1. The fourth-order valence-corrected chi connectivity index (χ4v) is 3.28. The maximum absolute atomic E-state index is 9.63. The van der Waals surface area contributed by atoms with E-state index in [-0.39, 0.29) is 12.0 Å². The van der Waals surface area contributed by atoms with Crippen LogP contribution in [0.25, 0.3) is 0 Å². The van der Waals surface area contributed by atoms with Crippen LogP contribution in [-0.2, 0) is 4.74 Å². The number of ether oxygens (including phenoxy) is 1. The number of likely N-dealkylation sites (tertiary alicyclic amines) is 1. The molecule has 0 aromatic rings. The van der Waals surface area contributed by atoms with E-state index >= 15 is 0 Å². The third-order valence-electron chi connectivity index (χ3n) is 4.73. The van der Waals surface area contributed by atoms with Crippen LogP contribution in [-0.4, -0.2) is 74.0 Å². The Hall–Kier alpha value is -0.160. The third-order valence-corrected chi connectivity index (χ3v) is 4.73. The van der Waals surface area contributed by atoms with Crippen LogP contribution in [0.5, 0.6) is 0 Å². The smallest absolute Gasteiger partial charge is 0.0557 e. The largest absolute Gasteiger partial charge is 0.396 e. The molecular weight excluding hydrogens is 228 g/mol. The van der Waals surface area contributed by atoms with Gasteiger partial charge in [0.1, 0.15) is 0 Å². The quantitative estimate of drug-likeness (QED) is 0.789. The molecule has 1 unspecified atom stereocenters. The van der Waals surface area contributed by atoms with Gasteiger partial charge in [0.05, 0.1) is 13.2 Å². The van der Waals surface area contributed by atoms with Crippen LogP contribution in [0.3, 0.4) is 0 Å². The zero-order valence-corrected chi connectivity index (χ0v) is 11.9. The summed E-state index contributed by atoms with van der Waals surface area (Å²) in [5.74, 6) is 0. The highest BCUT2D eigenvalue weighted by atomic mass is 16.5. The molecule has 0 radical (unpaired) electrons. The highest BCUT2D eigenvalue weighted by Crippen LogP contribution is 2.30. The zero-order chi connectivity index (χ0) is 13.0. The molecule has 2 aliphatic heterocycles. The molecule has 0 bridgehead atoms. The first kappa shape index (κ1) is 14.3. The number of aliphatic hydroxyl groups excluding tert-OH is 1. The van der Waals surface area contributed by atoms with E-state index in [1.165, 1.54) is 32.5 Å². The van der Waals surface area contributed by atoms with Crippen LogP contribution < -0.4 is 0 Å². The first-order chi connectivity index (χ1) is 8.69. The van der Waals surface area contributed by atoms with Crippen molar-refractivity contribution in [3.63, 3.8) is 0 Å². The van der Waals surface area contributed by atoms with Gasteiger partial charge >= 0.3 is 0 Å². The van der Waals surface area contributed by atoms with E-state index in [2.05, 4.69) is 23.8 Å². The molecule has 0 saturated carbocycles. The molecule has 0 amide bonds. The molecular formula is C14H28N2O2. The lowest BCUT2D eigenvalue weighted by molar-refractivity contribution is 0.0380. The summed E-state index contributed by atoms with van der Waals surface area (Å²) in [5.41, 5.74) is -0.00333. The maximum Gasteiger partial charge on any atom is 0.0557 e. The van der Waals surface area contributed by atoms with Crippen LogP contribution in [0.1, 0.15) is 26.2 Å². The molecule has 2 fully saturated rings. The zero-order valence-electron chi connectivity index (χ0n) is 11.9. The van der Waals surface area contributed by atoms with Gasteiger partial charge in [0.25, 0.3) is 0 Å². The molecule has 18 heavy (non-hydrogen) atoms. The second kappa shape index (κ2) is 6.33. The van der Waals surface area contributed by atoms with Crippen molar-refractivity contribution < 1.29 is 9.84 Å². The summed E-state index contributed by atoms with van der Waals surface area (Å²) in [7, 11) is 2.21. The van der Waals surface area contributed by atoms with Crippen molar-refractivity contribution in [2.24, 2.45) is 5.41 Å². The molecule has 4 heteroatoms. The maximum atomic E-state index is 9.63. The number of aliphatic hydroxyl groups is 1. The number of piperidine rings is 1. The Labute approximate surface area is 111 Å². The lowest BCUT2D eigenvalue weighted by Gasteiger charge is -2.39. The van der Waals surface area contributed by atoms with Crippen molar-refractivity contribution in [3.8, 4) is 0 Å². The lowest BCUT2D eigenvalue weighted by Crippen LogP contribution is -2.48. The highest BCUT2D eigenvalue weighted by Gasteiger charge is 2.37. The van der Waals surface area contributed by atoms with E-state index in [1.807, 2.05) is 0 Å². The van der Waals surface area contributed by atoms with Crippen LogP contribution in [0.4, 0.5) is 0 Å². The Balaban J connectivity index is 1.82. The van der Waals surface area contributed by atoms with E-state index in [0.29, 0.717) is 6.04 Å². The predicted octanol–water partition coefficient (Wildman–Crippen LogP) is 0.802. The number of nitrogens with zero attached hydrogens (tertiary/aromatic N) is 2. The van der Waals surface area contributed by atoms with Crippen molar-refractivity contribution in [1.82, 2.24) is 9.80 Å². The summed E-state index contributed by atoms with van der Waals surface area (Å²) in [6, 6.07) is 0.678. The van der Waals surface area contributed by atoms with Crippen molar-refractivity contribution in [2.75, 3.05) is 53.0 Å². The molecule has 2 rings (SSSR count). The van der Waals surface area contributed by atoms with E-state index in [0.717, 1.165) is 26.2 Å². The van der Waals surface area contributed by atoms with E-state index in [4.69, 9.17) is 4.74 Å². The lowest BCUT2D eigenvalue weighted by atomic mass is 9.87. The van der Waals surface area contributed by atoms with Crippen molar-refractivity contribution in [3.05, 3.63) is 0 Å². The Kier molecular flexibility index (Phi) is 5.01. The predicted molar refractivity (Wildman–Crippen MR) is 72.7 cm³/mol. The molecule has 1 atom stereocenters. The van der Waals surface area contributed by atoms with Gasteiger partial charge in [-0.05, 0) is 45.9 Å². The molecule has 2 saturated heterocycles. The molecule has 2 heterocycles. The summed E-state index contributed by atoms with van der Waals surface area (Å²) in [6.07, 6.45) is 3.51. The van der Waals surface area contributed by atoms with Crippen molar-refractivity contribution in [1.29, 1.82) is 0 Å².